The zero-order valence-electron chi connectivity index (χ0n) is 10.8. The number of nitrogen functional groups attached to an aromatic ring is 1. The largest absolute Gasteiger partial charge is 0.511 e. The van der Waals surface area contributed by atoms with Gasteiger partial charge < -0.3 is 10.8 Å². The smallest absolute Gasteiger partial charge is 0.416 e. The van der Waals surface area contributed by atoms with Gasteiger partial charge >= 0.3 is 6.18 Å². The second kappa shape index (κ2) is 5.23. The molecule has 21 heavy (non-hydrogen) atoms. The highest BCUT2D eigenvalue weighted by molar-refractivity contribution is 6.28. The van der Waals surface area contributed by atoms with Gasteiger partial charge in [-0.2, -0.15) is 13.2 Å². The van der Waals surface area contributed by atoms with Crippen LogP contribution < -0.4 is 5.73 Å². The molecule has 0 fully saturated rings. The van der Waals surface area contributed by atoms with Gasteiger partial charge in [0.15, 0.2) is 5.78 Å². The fraction of sp³-hybridized carbons (Fsp3) is 0.286. The van der Waals surface area contributed by atoms with E-state index in [0.29, 0.717) is 18.6 Å². The van der Waals surface area contributed by atoms with Crippen molar-refractivity contribution < 1.29 is 27.9 Å². The van der Waals surface area contributed by atoms with Gasteiger partial charge in [0, 0.05) is 24.1 Å². The van der Waals surface area contributed by atoms with Gasteiger partial charge in [-0.3, -0.25) is 9.59 Å². The Bertz CT molecular complexity index is 647. The number of anilines is 1. The highest BCUT2D eigenvalue weighted by Gasteiger charge is 2.33. The van der Waals surface area contributed by atoms with Crippen LogP contribution in [-0.4, -0.2) is 16.7 Å². The Balaban J connectivity index is 2.43. The highest BCUT2D eigenvalue weighted by Crippen LogP contribution is 2.32. The summed E-state index contributed by atoms with van der Waals surface area (Å²) in [5.41, 5.74) is 3.51. The van der Waals surface area contributed by atoms with E-state index in [-0.39, 0.29) is 35.4 Å². The van der Waals surface area contributed by atoms with Crippen molar-refractivity contribution in [2.24, 2.45) is 0 Å². The number of hydrogen-bond acceptors (Lipinski definition) is 4. The van der Waals surface area contributed by atoms with Crippen molar-refractivity contribution in [1.29, 1.82) is 0 Å². The number of halogens is 3. The molecule has 112 valence electrons. The summed E-state index contributed by atoms with van der Waals surface area (Å²) >= 11 is 0. The number of rotatable bonds is 2. The maximum atomic E-state index is 12.5. The molecule has 0 aromatic heterocycles. The van der Waals surface area contributed by atoms with Gasteiger partial charge in [0.1, 0.15) is 11.3 Å². The molecule has 0 aliphatic heterocycles. The zero-order valence-corrected chi connectivity index (χ0v) is 10.8. The van der Waals surface area contributed by atoms with Crippen LogP contribution in [0, 0.1) is 0 Å². The number of ketones is 2. The number of aliphatic hydroxyl groups excluding tert-OH is 1. The number of carbonyl (C=O) groups excluding carboxylic acids is 2. The summed E-state index contributed by atoms with van der Waals surface area (Å²) in [6.45, 7) is 0. The van der Waals surface area contributed by atoms with E-state index in [1.165, 1.54) is 0 Å². The van der Waals surface area contributed by atoms with E-state index in [1.807, 2.05) is 0 Å². The van der Waals surface area contributed by atoms with Crippen molar-refractivity contribution in [3.05, 3.63) is 40.7 Å². The van der Waals surface area contributed by atoms with E-state index in [1.54, 1.807) is 0 Å². The summed E-state index contributed by atoms with van der Waals surface area (Å²) < 4.78 is 37.6. The number of aliphatic hydroxyl groups is 1. The molecule has 7 heteroatoms. The first kappa shape index (κ1) is 15.1. The van der Waals surface area contributed by atoms with E-state index in [0.717, 1.165) is 6.07 Å². The first-order chi connectivity index (χ1) is 9.71. The van der Waals surface area contributed by atoms with E-state index in [9.17, 15) is 27.9 Å². The van der Waals surface area contributed by atoms with E-state index in [4.69, 9.17) is 5.73 Å². The van der Waals surface area contributed by atoms with Crippen LogP contribution in [0.4, 0.5) is 18.9 Å². The van der Waals surface area contributed by atoms with Crippen LogP contribution in [0.2, 0.25) is 0 Å². The Morgan fingerprint density at radius 1 is 1.24 bits per heavy atom. The van der Waals surface area contributed by atoms with Crippen molar-refractivity contribution in [3.63, 3.8) is 0 Å². The quantitative estimate of drug-likeness (QED) is 0.499. The lowest BCUT2D eigenvalue weighted by atomic mass is 9.89. The average Bonchev–Trinajstić information content (AvgIpc) is 2.37. The highest BCUT2D eigenvalue weighted by atomic mass is 19.4. The third-order valence-corrected chi connectivity index (χ3v) is 3.24. The molecule has 0 amide bonds. The summed E-state index contributed by atoms with van der Waals surface area (Å²) in [6.07, 6.45) is -3.83. The van der Waals surface area contributed by atoms with Gasteiger partial charge in [-0.1, -0.05) is 0 Å². The van der Waals surface area contributed by atoms with Gasteiger partial charge in [0.25, 0.3) is 0 Å². The molecule has 0 atom stereocenters. The second-order valence-electron chi connectivity index (χ2n) is 4.73. The second-order valence-corrected chi connectivity index (χ2v) is 4.73. The predicted molar refractivity (Wildman–Crippen MR) is 68.7 cm³/mol. The van der Waals surface area contributed by atoms with Crippen molar-refractivity contribution in [2.75, 3.05) is 5.73 Å². The lowest BCUT2D eigenvalue weighted by Crippen LogP contribution is -2.20. The molecule has 0 saturated carbocycles. The van der Waals surface area contributed by atoms with Crippen LogP contribution in [0.25, 0.3) is 0 Å². The first-order valence-corrected chi connectivity index (χ1v) is 6.18. The van der Waals surface area contributed by atoms with Crippen molar-refractivity contribution in [1.82, 2.24) is 0 Å². The SMILES string of the molecule is Nc1cc(C(F)(F)F)ccc1C(=O)C1=C(O)CCCC1=O. The fourth-order valence-electron chi connectivity index (χ4n) is 2.17. The monoisotopic (exact) mass is 299 g/mol. The third-order valence-electron chi connectivity index (χ3n) is 3.24. The lowest BCUT2D eigenvalue weighted by Gasteiger charge is -2.15. The molecule has 0 spiro atoms. The third kappa shape index (κ3) is 2.91. The zero-order chi connectivity index (χ0) is 15.8. The number of alkyl halides is 3. The van der Waals surface area contributed by atoms with Crippen molar-refractivity contribution >= 4 is 17.3 Å². The van der Waals surface area contributed by atoms with Crippen LogP contribution in [0.3, 0.4) is 0 Å². The minimum Gasteiger partial charge on any atom is -0.511 e. The molecular weight excluding hydrogens is 287 g/mol. The summed E-state index contributed by atoms with van der Waals surface area (Å²) in [5, 5.41) is 9.66. The van der Waals surface area contributed by atoms with E-state index < -0.39 is 23.3 Å². The number of nitrogens with two attached hydrogens (primary N) is 1. The number of allylic oxidation sites excluding steroid dienone is 2. The Hall–Kier alpha value is -2.31. The summed E-state index contributed by atoms with van der Waals surface area (Å²) in [7, 11) is 0. The van der Waals surface area contributed by atoms with Crippen molar-refractivity contribution in [3.8, 4) is 0 Å². The Labute approximate surface area is 118 Å². The van der Waals surface area contributed by atoms with Gasteiger partial charge in [0.05, 0.1) is 5.56 Å². The van der Waals surface area contributed by atoms with Gasteiger partial charge in [0.2, 0.25) is 5.78 Å². The molecule has 1 aliphatic rings. The van der Waals surface area contributed by atoms with Crippen molar-refractivity contribution in [2.45, 2.75) is 25.4 Å². The number of hydrogen-bond donors (Lipinski definition) is 2. The number of Topliss-reactive ketones (excluding diaryl/α,β-unsaturated/α-hetero) is 2. The molecule has 2 rings (SSSR count). The molecule has 0 radical (unpaired) electrons. The maximum absolute atomic E-state index is 12.5. The topological polar surface area (TPSA) is 80.4 Å². The van der Waals surface area contributed by atoms with Gasteiger partial charge in [-0.05, 0) is 24.6 Å². The van der Waals surface area contributed by atoms with Crippen LogP contribution in [0.5, 0.6) is 0 Å². The molecule has 0 bridgehead atoms. The molecule has 1 aliphatic carbocycles. The summed E-state index contributed by atoms with van der Waals surface area (Å²) in [5.74, 6) is -1.71. The summed E-state index contributed by atoms with van der Waals surface area (Å²) in [6, 6.07) is 2.27. The van der Waals surface area contributed by atoms with Gasteiger partial charge in [-0.25, -0.2) is 0 Å². The minimum atomic E-state index is -4.57. The molecule has 3 N–H and O–H groups in total. The van der Waals surface area contributed by atoms with Crippen LogP contribution >= 0.6 is 0 Å². The molecule has 1 aromatic rings. The minimum absolute atomic E-state index is 0.117. The van der Waals surface area contributed by atoms with Crippen LogP contribution in [-0.2, 0) is 11.0 Å². The normalized spacial score (nSPS) is 16.2. The maximum Gasteiger partial charge on any atom is 0.416 e. The van der Waals surface area contributed by atoms with Crippen LogP contribution in [0.15, 0.2) is 29.5 Å². The Morgan fingerprint density at radius 2 is 1.90 bits per heavy atom. The molecular formula is C14H12F3NO3. The standard InChI is InChI=1S/C14H12F3NO3/c15-14(16,17)7-4-5-8(9(18)6-7)13(21)12-10(19)2-1-3-11(12)20/h4-6,19H,1-3,18H2. The molecule has 0 saturated heterocycles. The number of benzene rings is 1. The summed E-state index contributed by atoms with van der Waals surface area (Å²) in [4.78, 5) is 23.9. The van der Waals surface area contributed by atoms with Crippen LogP contribution in [0.1, 0.15) is 35.2 Å². The fourth-order valence-corrected chi connectivity index (χ4v) is 2.17. The molecule has 0 heterocycles. The Kier molecular flexibility index (Phi) is 3.76. The molecule has 0 unspecified atom stereocenters. The Morgan fingerprint density at radius 3 is 2.43 bits per heavy atom. The molecule has 4 nitrogen and oxygen atoms in total. The first-order valence-electron chi connectivity index (χ1n) is 6.18. The average molecular weight is 299 g/mol. The lowest BCUT2D eigenvalue weighted by molar-refractivity contribution is -0.137. The van der Waals surface area contributed by atoms with Gasteiger partial charge in [-0.15, -0.1) is 0 Å². The van der Waals surface area contributed by atoms with E-state index in [2.05, 4.69) is 0 Å². The number of carbonyl (C=O) groups is 2. The predicted octanol–water partition coefficient (Wildman–Crippen LogP) is 3.04. The van der Waals surface area contributed by atoms with E-state index >= 15 is 0 Å². The molecule has 1 aromatic carbocycles.